The first-order chi connectivity index (χ1) is 11.9. The van der Waals surface area contributed by atoms with Crippen molar-refractivity contribution in [3.8, 4) is 0 Å². The fourth-order valence-corrected chi connectivity index (χ4v) is 4.42. The SMILES string of the molecule is C[C@@H]1CCc2sc(C(=O)N(C)CC(=O)Nc3ccccc3Cl)cc2C1. The van der Waals surface area contributed by atoms with Gasteiger partial charge in [-0.2, -0.15) is 0 Å². The Balaban J connectivity index is 1.63. The van der Waals surface area contributed by atoms with Gasteiger partial charge in [0.25, 0.3) is 5.91 Å². The van der Waals surface area contributed by atoms with Gasteiger partial charge in [-0.3, -0.25) is 9.59 Å². The number of hydrogen-bond donors (Lipinski definition) is 1. The first-order valence-corrected chi connectivity index (χ1v) is 9.55. The van der Waals surface area contributed by atoms with Crippen LogP contribution >= 0.6 is 22.9 Å². The Morgan fingerprint density at radius 3 is 2.88 bits per heavy atom. The van der Waals surface area contributed by atoms with Crippen LogP contribution in [0.15, 0.2) is 30.3 Å². The van der Waals surface area contributed by atoms with E-state index in [1.54, 1.807) is 42.6 Å². The summed E-state index contributed by atoms with van der Waals surface area (Å²) < 4.78 is 0. The number of aryl methyl sites for hydroxylation is 1. The molecule has 1 atom stereocenters. The van der Waals surface area contributed by atoms with Crippen LogP contribution in [0.4, 0.5) is 5.69 Å². The second-order valence-electron chi connectivity index (χ2n) is 6.60. The number of anilines is 1. The van der Waals surface area contributed by atoms with Gasteiger partial charge < -0.3 is 10.2 Å². The molecule has 1 N–H and O–H groups in total. The minimum absolute atomic E-state index is 0.0109. The van der Waals surface area contributed by atoms with Crippen molar-refractivity contribution in [2.75, 3.05) is 18.9 Å². The van der Waals surface area contributed by atoms with Gasteiger partial charge in [-0.05, 0) is 48.9 Å². The fourth-order valence-electron chi connectivity index (χ4n) is 3.04. The van der Waals surface area contributed by atoms with Crippen LogP contribution in [0.3, 0.4) is 0 Å². The van der Waals surface area contributed by atoms with Gasteiger partial charge in [-0.1, -0.05) is 30.7 Å². The quantitative estimate of drug-likeness (QED) is 0.867. The van der Waals surface area contributed by atoms with E-state index < -0.39 is 0 Å². The lowest BCUT2D eigenvalue weighted by atomic mass is 9.90. The molecule has 2 aromatic rings. The van der Waals surface area contributed by atoms with E-state index >= 15 is 0 Å². The maximum Gasteiger partial charge on any atom is 0.264 e. The Morgan fingerprint density at radius 1 is 1.36 bits per heavy atom. The summed E-state index contributed by atoms with van der Waals surface area (Å²) >= 11 is 7.60. The van der Waals surface area contributed by atoms with E-state index in [1.165, 1.54) is 21.8 Å². The lowest BCUT2D eigenvalue weighted by Gasteiger charge is -2.16. The van der Waals surface area contributed by atoms with E-state index in [4.69, 9.17) is 11.6 Å². The van der Waals surface area contributed by atoms with E-state index in [0.29, 0.717) is 21.5 Å². The minimum Gasteiger partial charge on any atom is -0.332 e. The maximum absolute atomic E-state index is 12.6. The molecule has 1 aromatic heterocycles. The van der Waals surface area contributed by atoms with Crippen LogP contribution in [0.1, 0.15) is 33.5 Å². The molecule has 4 nitrogen and oxygen atoms in total. The molecule has 0 bridgehead atoms. The molecule has 132 valence electrons. The number of benzene rings is 1. The number of likely N-dealkylation sites (N-methyl/N-ethyl adjacent to an activating group) is 1. The molecule has 0 aliphatic heterocycles. The third-order valence-electron chi connectivity index (χ3n) is 4.42. The third-order valence-corrected chi connectivity index (χ3v) is 5.97. The highest BCUT2D eigenvalue weighted by atomic mass is 35.5. The van der Waals surface area contributed by atoms with Gasteiger partial charge in [0.15, 0.2) is 0 Å². The van der Waals surface area contributed by atoms with Gasteiger partial charge in [-0.25, -0.2) is 0 Å². The smallest absolute Gasteiger partial charge is 0.264 e. The molecule has 2 amide bonds. The normalized spacial score (nSPS) is 16.2. The van der Waals surface area contributed by atoms with Crippen LogP contribution in [-0.2, 0) is 17.6 Å². The number of halogens is 1. The van der Waals surface area contributed by atoms with Gasteiger partial charge in [0.2, 0.25) is 5.91 Å². The first-order valence-electron chi connectivity index (χ1n) is 8.35. The molecule has 25 heavy (non-hydrogen) atoms. The van der Waals surface area contributed by atoms with Gasteiger partial charge in [0.1, 0.15) is 0 Å². The number of carbonyl (C=O) groups is 2. The Labute approximate surface area is 156 Å². The lowest BCUT2D eigenvalue weighted by molar-refractivity contribution is -0.116. The summed E-state index contributed by atoms with van der Waals surface area (Å²) in [5.41, 5.74) is 1.84. The number of nitrogens with one attached hydrogen (secondary N) is 1. The predicted octanol–water partition coefficient (Wildman–Crippen LogP) is 4.24. The number of carbonyl (C=O) groups excluding carboxylic acids is 2. The number of thiophene rings is 1. The van der Waals surface area contributed by atoms with Crippen LogP contribution in [0, 0.1) is 5.92 Å². The molecular weight excluding hydrogens is 356 g/mol. The monoisotopic (exact) mass is 376 g/mol. The zero-order valence-electron chi connectivity index (χ0n) is 14.3. The average Bonchev–Trinajstić information content (AvgIpc) is 2.99. The molecule has 1 aliphatic rings. The first kappa shape index (κ1) is 18.0. The molecule has 6 heteroatoms. The second kappa shape index (κ2) is 7.58. The standard InChI is InChI=1S/C19H21ClN2O2S/c1-12-7-8-16-13(9-12)10-17(25-16)19(24)22(2)11-18(23)21-15-6-4-3-5-14(15)20/h3-6,10,12H,7-9,11H2,1-2H3,(H,21,23)/t12-/m1/s1. The number of fused-ring (bicyclic) bond motifs is 1. The number of amides is 2. The number of rotatable bonds is 4. The van der Waals surface area contributed by atoms with Crippen molar-refractivity contribution in [1.29, 1.82) is 0 Å². The molecule has 1 heterocycles. The fraction of sp³-hybridized carbons (Fsp3) is 0.368. The Morgan fingerprint density at radius 2 is 2.12 bits per heavy atom. The number of nitrogens with zero attached hydrogens (tertiary/aromatic N) is 1. The third kappa shape index (κ3) is 4.22. The van der Waals surface area contributed by atoms with Crippen LogP contribution in [0.5, 0.6) is 0 Å². The van der Waals surface area contributed by atoms with Crippen LogP contribution in [0.2, 0.25) is 5.02 Å². The topological polar surface area (TPSA) is 49.4 Å². The second-order valence-corrected chi connectivity index (χ2v) is 8.14. The van der Waals surface area contributed by atoms with E-state index in [0.717, 1.165) is 12.8 Å². The van der Waals surface area contributed by atoms with Gasteiger partial charge in [-0.15, -0.1) is 11.3 Å². The summed E-state index contributed by atoms with van der Waals surface area (Å²) in [5, 5.41) is 3.22. The minimum atomic E-state index is -0.265. The molecule has 1 aromatic carbocycles. The molecule has 0 spiro atoms. The van der Waals surface area contributed by atoms with Crippen molar-refractivity contribution < 1.29 is 9.59 Å². The predicted molar refractivity (Wildman–Crippen MR) is 103 cm³/mol. The van der Waals surface area contributed by atoms with Crippen molar-refractivity contribution in [3.63, 3.8) is 0 Å². The zero-order chi connectivity index (χ0) is 18.0. The van der Waals surface area contributed by atoms with Crippen LogP contribution in [-0.4, -0.2) is 30.3 Å². The highest BCUT2D eigenvalue weighted by molar-refractivity contribution is 7.14. The molecular formula is C19H21ClN2O2S. The van der Waals surface area contributed by atoms with E-state index in [9.17, 15) is 9.59 Å². The van der Waals surface area contributed by atoms with Crippen LogP contribution in [0.25, 0.3) is 0 Å². The Kier molecular flexibility index (Phi) is 5.45. The summed E-state index contributed by atoms with van der Waals surface area (Å²) in [7, 11) is 1.65. The molecule has 0 fully saturated rings. The van der Waals surface area contributed by atoms with Crippen molar-refractivity contribution in [3.05, 3.63) is 50.7 Å². The van der Waals surface area contributed by atoms with Crippen molar-refractivity contribution in [2.45, 2.75) is 26.2 Å². The van der Waals surface area contributed by atoms with Crippen molar-refractivity contribution in [2.24, 2.45) is 5.92 Å². The molecule has 0 saturated carbocycles. The van der Waals surface area contributed by atoms with Crippen molar-refractivity contribution >= 4 is 40.4 Å². The molecule has 1 aliphatic carbocycles. The summed E-state index contributed by atoms with van der Waals surface area (Å²) in [6, 6.07) is 9.04. The lowest BCUT2D eigenvalue weighted by Crippen LogP contribution is -2.34. The van der Waals surface area contributed by atoms with E-state index in [1.807, 2.05) is 6.07 Å². The molecule has 0 unspecified atom stereocenters. The average molecular weight is 377 g/mol. The summed E-state index contributed by atoms with van der Waals surface area (Å²) in [5.74, 6) is 0.296. The number of para-hydroxylation sites is 1. The highest BCUT2D eigenvalue weighted by Gasteiger charge is 2.23. The number of hydrogen-bond acceptors (Lipinski definition) is 3. The van der Waals surface area contributed by atoms with Crippen molar-refractivity contribution in [1.82, 2.24) is 4.90 Å². The van der Waals surface area contributed by atoms with E-state index in [2.05, 4.69) is 12.2 Å². The Bertz CT molecular complexity index is 802. The van der Waals surface area contributed by atoms with Crippen LogP contribution < -0.4 is 5.32 Å². The van der Waals surface area contributed by atoms with Gasteiger partial charge >= 0.3 is 0 Å². The van der Waals surface area contributed by atoms with Gasteiger partial charge in [0.05, 0.1) is 22.1 Å². The molecule has 0 radical (unpaired) electrons. The largest absolute Gasteiger partial charge is 0.332 e. The zero-order valence-corrected chi connectivity index (χ0v) is 15.9. The summed E-state index contributed by atoms with van der Waals surface area (Å²) in [6.07, 6.45) is 3.26. The maximum atomic E-state index is 12.6. The molecule has 3 rings (SSSR count). The van der Waals surface area contributed by atoms with Gasteiger partial charge in [0, 0.05) is 11.9 Å². The Hall–Kier alpha value is -1.85. The molecule has 0 saturated heterocycles. The highest BCUT2D eigenvalue weighted by Crippen LogP contribution is 2.32. The van der Waals surface area contributed by atoms with E-state index in [-0.39, 0.29) is 18.4 Å². The summed E-state index contributed by atoms with van der Waals surface area (Å²) in [4.78, 5) is 28.3. The summed E-state index contributed by atoms with van der Waals surface area (Å²) in [6.45, 7) is 2.23.